The lowest BCUT2D eigenvalue weighted by molar-refractivity contribution is 0.0600. The number of hydrogen-bond acceptors (Lipinski definition) is 5. The summed E-state index contributed by atoms with van der Waals surface area (Å²) in [4.78, 5) is 11.6. The molecule has 1 N–H and O–H groups in total. The molecule has 0 spiro atoms. The van der Waals surface area contributed by atoms with E-state index in [2.05, 4.69) is 5.32 Å². The van der Waals surface area contributed by atoms with E-state index in [1.807, 2.05) is 18.2 Å². The molecule has 0 aliphatic carbocycles. The maximum atomic E-state index is 13.3. The SMILES string of the molecule is COC(=O)c1ccc(CN(c2ccccc2)S(=O)(=O)C2CCNCC2)cc1. The minimum atomic E-state index is -3.50. The molecule has 3 rings (SSSR count). The number of nitrogens with one attached hydrogen (secondary N) is 1. The van der Waals surface area contributed by atoms with Crippen molar-refractivity contribution < 1.29 is 17.9 Å². The number of piperidine rings is 1. The third kappa shape index (κ3) is 4.48. The molecule has 27 heavy (non-hydrogen) atoms. The Morgan fingerprint density at radius 2 is 1.70 bits per heavy atom. The molecule has 1 aliphatic heterocycles. The van der Waals surface area contributed by atoms with Crippen LogP contribution in [0.2, 0.25) is 0 Å². The van der Waals surface area contributed by atoms with Crippen LogP contribution in [0.1, 0.15) is 28.8 Å². The van der Waals surface area contributed by atoms with E-state index in [1.165, 1.54) is 11.4 Å². The second-order valence-corrected chi connectivity index (χ2v) is 8.66. The summed E-state index contributed by atoms with van der Waals surface area (Å²) in [5, 5.41) is 2.82. The van der Waals surface area contributed by atoms with Gasteiger partial charge < -0.3 is 10.1 Å². The fourth-order valence-corrected chi connectivity index (χ4v) is 5.16. The molecule has 6 nitrogen and oxygen atoms in total. The van der Waals surface area contributed by atoms with Gasteiger partial charge in [-0.05, 0) is 55.8 Å². The number of sulfonamides is 1. The smallest absolute Gasteiger partial charge is 0.337 e. The Bertz CT molecular complexity index is 861. The second-order valence-electron chi connectivity index (χ2n) is 6.52. The lowest BCUT2D eigenvalue weighted by Gasteiger charge is -2.31. The fraction of sp³-hybridized carbons (Fsp3) is 0.350. The van der Waals surface area contributed by atoms with Crippen molar-refractivity contribution in [3.05, 3.63) is 65.7 Å². The van der Waals surface area contributed by atoms with Crippen LogP contribution >= 0.6 is 0 Å². The van der Waals surface area contributed by atoms with Gasteiger partial charge in [-0.15, -0.1) is 0 Å². The van der Waals surface area contributed by atoms with Gasteiger partial charge in [0.25, 0.3) is 0 Å². The van der Waals surface area contributed by atoms with Crippen LogP contribution in [-0.4, -0.2) is 39.8 Å². The first kappa shape index (κ1) is 19.4. The van der Waals surface area contributed by atoms with Gasteiger partial charge in [0, 0.05) is 0 Å². The van der Waals surface area contributed by atoms with E-state index in [4.69, 9.17) is 4.74 Å². The molecule has 144 valence electrons. The molecule has 0 amide bonds. The number of methoxy groups -OCH3 is 1. The van der Waals surface area contributed by atoms with E-state index in [0.717, 1.165) is 5.56 Å². The molecule has 1 saturated heterocycles. The second kappa shape index (κ2) is 8.54. The Kier molecular flexibility index (Phi) is 6.13. The van der Waals surface area contributed by atoms with Gasteiger partial charge in [0.05, 0.1) is 30.2 Å². The van der Waals surface area contributed by atoms with Gasteiger partial charge in [-0.3, -0.25) is 4.31 Å². The summed E-state index contributed by atoms with van der Waals surface area (Å²) in [6, 6.07) is 16.0. The zero-order valence-corrected chi connectivity index (χ0v) is 16.1. The molecule has 0 saturated carbocycles. The highest BCUT2D eigenvalue weighted by atomic mass is 32.2. The van der Waals surface area contributed by atoms with Crippen molar-refractivity contribution in [1.82, 2.24) is 5.32 Å². The molecule has 1 heterocycles. The van der Waals surface area contributed by atoms with Crippen LogP contribution in [0.25, 0.3) is 0 Å². The summed E-state index contributed by atoms with van der Waals surface area (Å²) in [5.74, 6) is -0.413. The van der Waals surface area contributed by atoms with Crippen molar-refractivity contribution in [2.75, 3.05) is 24.5 Å². The van der Waals surface area contributed by atoms with Crippen LogP contribution in [-0.2, 0) is 21.3 Å². The average molecular weight is 388 g/mol. The number of nitrogens with zero attached hydrogens (tertiary/aromatic N) is 1. The number of esters is 1. The molecular formula is C20H24N2O4S. The molecule has 0 atom stereocenters. The quantitative estimate of drug-likeness (QED) is 0.770. The molecule has 0 bridgehead atoms. The molecular weight excluding hydrogens is 364 g/mol. The van der Waals surface area contributed by atoms with Crippen molar-refractivity contribution in [3.8, 4) is 0 Å². The minimum absolute atomic E-state index is 0.220. The van der Waals surface area contributed by atoms with Gasteiger partial charge in [-0.2, -0.15) is 0 Å². The Morgan fingerprint density at radius 1 is 1.07 bits per heavy atom. The highest BCUT2D eigenvalue weighted by Gasteiger charge is 2.33. The van der Waals surface area contributed by atoms with E-state index in [9.17, 15) is 13.2 Å². The molecule has 7 heteroatoms. The van der Waals surface area contributed by atoms with Gasteiger partial charge in [-0.1, -0.05) is 30.3 Å². The number of hydrogen-bond donors (Lipinski definition) is 1. The predicted octanol–water partition coefficient (Wildman–Crippen LogP) is 2.56. The summed E-state index contributed by atoms with van der Waals surface area (Å²) in [7, 11) is -2.17. The first-order valence-electron chi connectivity index (χ1n) is 8.97. The predicted molar refractivity (Wildman–Crippen MR) is 105 cm³/mol. The summed E-state index contributed by atoms with van der Waals surface area (Å²) in [5.41, 5.74) is 1.89. The Morgan fingerprint density at radius 3 is 2.30 bits per heavy atom. The summed E-state index contributed by atoms with van der Waals surface area (Å²) >= 11 is 0. The van der Waals surface area contributed by atoms with E-state index in [0.29, 0.717) is 37.2 Å². The monoisotopic (exact) mass is 388 g/mol. The fourth-order valence-electron chi connectivity index (χ4n) is 3.23. The number of carbonyl (C=O) groups is 1. The van der Waals surface area contributed by atoms with Gasteiger partial charge in [0.15, 0.2) is 0 Å². The largest absolute Gasteiger partial charge is 0.465 e. The van der Waals surface area contributed by atoms with E-state index >= 15 is 0 Å². The lowest BCUT2D eigenvalue weighted by atomic mass is 10.1. The van der Waals surface area contributed by atoms with E-state index < -0.39 is 21.2 Å². The number of carbonyl (C=O) groups excluding carboxylic acids is 1. The third-order valence-electron chi connectivity index (χ3n) is 4.76. The maximum Gasteiger partial charge on any atom is 0.337 e. The maximum absolute atomic E-state index is 13.3. The Hall–Kier alpha value is -2.38. The summed E-state index contributed by atoms with van der Waals surface area (Å²) in [6.45, 7) is 1.64. The Labute approximate surface area is 160 Å². The zero-order chi connectivity index (χ0) is 19.3. The van der Waals surface area contributed by atoms with E-state index in [1.54, 1.807) is 36.4 Å². The third-order valence-corrected chi connectivity index (χ3v) is 7.03. The first-order chi connectivity index (χ1) is 13.0. The van der Waals surface area contributed by atoms with Crippen molar-refractivity contribution in [2.45, 2.75) is 24.6 Å². The summed E-state index contributed by atoms with van der Waals surface area (Å²) < 4.78 is 32.9. The van der Waals surface area contributed by atoms with Crippen molar-refractivity contribution in [3.63, 3.8) is 0 Å². The van der Waals surface area contributed by atoms with Crippen molar-refractivity contribution >= 4 is 21.7 Å². The van der Waals surface area contributed by atoms with Gasteiger partial charge in [-0.25, -0.2) is 13.2 Å². The topological polar surface area (TPSA) is 75.7 Å². The molecule has 1 aliphatic rings. The highest BCUT2D eigenvalue weighted by molar-refractivity contribution is 7.93. The molecule has 2 aromatic rings. The van der Waals surface area contributed by atoms with Crippen LogP contribution < -0.4 is 9.62 Å². The number of rotatable bonds is 6. The van der Waals surface area contributed by atoms with Crippen LogP contribution in [0.3, 0.4) is 0 Å². The highest BCUT2D eigenvalue weighted by Crippen LogP contribution is 2.26. The van der Waals surface area contributed by atoms with E-state index in [-0.39, 0.29) is 6.54 Å². The van der Waals surface area contributed by atoms with Gasteiger partial charge in [0.1, 0.15) is 0 Å². The van der Waals surface area contributed by atoms with Crippen LogP contribution in [0.5, 0.6) is 0 Å². The molecule has 0 radical (unpaired) electrons. The molecule has 0 unspecified atom stereocenters. The van der Waals surface area contributed by atoms with Crippen LogP contribution in [0.15, 0.2) is 54.6 Å². The zero-order valence-electron chi connectivity index (χ0n) is 15.3. The van der Waals surface area contributed by atoms with Crippen molar-refractivity contribution in [1.29, 1.82) is 0 Å². The molecule has 2 aromatic carbocycles. The number of para-hydroxylation sites is 1. The first-order valence-corrected chi connectivity index (χ1v) is 10.5. The van der Waals surface area contributed by atoms with Crippen LogP contribution in [0.4, 0.5) is 5.69 Å². The normalized spacial score (nSPS) is 15.3. The summed E-state index contributed by atoms with van der Waals surface area (Å²) in [6.07, 6.45) is 1.21. The molecule has 1 fully saturated rings. The minimum Gasteiger partial charge on any atom is -0.465 e. The lowest BCUT2D eigenvalue weighted by Crippen LogP contribution is -2.43. The average Bonchev–Trinajstić information content (AvgIpc) is 2.73. The standard InChI is InChI=1S/C20H24N2O4S/c1-26-20(23)17-9-7-16(8-10-17)15-22(18-5-3-2-4-6-18)27(24,25)19-11-13-21-14-12-19/h2-10,19,21H,11-15H2,1H3. The van der Waals surface area contributed by atoms with Crippen LogP contribution in [0, 0.1) is 0 Å². The number of ether oxygens (including phenoxy) is 1. The molecule has 0 aromatic heterocycles. The number of anilines is 1. The Balaban J connectivity index is 1.90. The van der Waals surface area contributed by atoms with Gasteiger partial charge >= 0.3 is 5.97 Å². The number of benzene rings is 2. The van der Waals surface area contributed by atoms with Gasteiger partial charge in [0.2, 0.25) is 10.0 Å². The van der Waals surface area contributed by atoms with Crippen molar-refractivity contribution in [2.24, 2.45) is 0 Å².